The van der Waals surface area contributed by atoms with Gasteiger partial charge in [0.25, 0.3) is 5.69 Å². The van der Waals surface area contributed by atoms with Crippen molar-refractivity contribution < 1.29 is 4.92 Å². The highest BCUT2D eigenvalue weighted by atomic mass is 16.6. The monoisotopic (exact) mass is 313 g/mol. The van der Waals surface area contributed by atoms with E-state index in [1.165, 1.54) is 0 Å². The maximum atomic E-state index is 11.2. The molecule has 0 unspecified atom stereocenters. The van der Waals surface area contributed by atoms with Crippen LogP contribution < -0.4 is 9.80 Å². The van der Waals surface area contributed by atoms with Gasteiger partial charge in [-0.15, -0.1) is 0 Å². The molecule has 7 heteroatoms. The first kappa shape index (κ1) is 15.2. The van der Waals surface area contributed by atoms with Gasteiger partial charge < -0.3 is 9.80 Å². The molecule has 1 aliphatic heterocycles. The molecule has 0 bridgehead atoms. The van der Waals surface area contributed by atoms with Gasteiger partial charge in [0, 0.05) is 44.0 Å². The van der Waals surface area contributed by atoms with E-state index in [1.807, 2.05) is 32.0 Å². The summed E-state index contributed by atoms with van der Waals surface area (Å²) in [6.07, 6.45) is 0. The van der Waals surface area contributed by atoms with Crippen LogP contribution >= 0.6 is 0 Å². The Morgan fingerprint density at radius 1 is 1.04 bits per heavy atom. The largest absolute Gasteiger partial charge is 0.362 e. The van der Waals surface area contributed by atoms with Crippen molar-refractivity contribution in [1.29, 1.82) is 0 Å². The van der Waals surface area contributed by atoms with Gasteiger partial charge in [-0.1, -0.05) is 12.1 Å². The number of nitro benzene ring substituents is 1. The molecule has 1 saturated heterocycles. The van der Waals surface area contributed by atoms with Gasteiger partial charge in [-0.05, 0) is 19.9 Å². The van der Waals surface area contributed by atoms with Gasteiger partial charge in [0.15, 0.2) is 0 Å². The normalized spacial score (nSPS) is 14.9. The Labute approximate surface area is 134 Å². The van der Waals surface area contributed by atoms with Crippen molar-refractivity contribution in [3.8, 4) is 0 Å². The number of nitrogens with zero attached hydrogens (tertiary/aromatic N) is 5. The van der Waals surface area contributed by atoms with Gasteiger partial charge in [0.05, 0.1) is 4.92 Å². The molecule has 2 heterocycles. The summed E-state index contributed by atoms with van der Waals surface area (Å²) in [5.41, 5.74) is 1.80. The molecule has 2 aromatic rings. The summed E-state index contributed by atoms with van der Waals surface area (Å²) in [5.74, 6) is 1.69. The molecule has 1 aromatic carbocycles. The molecular formula is C16H19N5O2. The number of aryl methyl sites for hydroxylation is 2. The van der Waals surface area contributed by atoms with Crippen LogP contribution in [0.25, 0.3) is 0 Å². The molecule has 7 nitrogen and oxygen atoms in total. The molecule has 120 valence electrons. The Bertz CT molecular complexity index is 706. The van der Waals surface area contributed by atoms with E-state index in [2.05, 4.69) is 19.8 Å². The van der Waals surface area contributed by atoms with E-state index in [-0.39, 0.29) is 10.6 Å². The molecule has 0 aliphatic carbocycles. The van der Waals surface area contributed by atoms with Crippen LogP contribution in [0.4, 0.5) is 17.2 Å². The predicted octanol–water partition coefficient (Wildman–Crippen LogP) is 2.33. The Morgan fingerprint density at radius 2 is 1.70 bits per heavy atom. The first-order valence-corrected chi connectivity index (χ1v) is 7.60. The number of piperazine rings is 1. The third-order valence-corrected chi connectivity index (χ3v) is 3.98. The van der Waals surface area contributed by atoms with Crippen LogP contribution in [0.2, 0.25) is 0 Å². The van der Waals surface area contributed by atoms with Crippen LogP contribution in [0.15, 0.2) is 30.3 Å². The fraction of sp³-hybridized carbons (Fsp3) is 0.375. The number of hydrogen-bond donors (Lipinski definition) is 0. The Kier molecular flexibility index (Phi) is 4.10. The zero-order chi connectivity index (χ0) is 16.4. The quantitative estimate of drug-likeness (QED) is 0.639. The van der Waals surface area contributed by atoms with Crippen molar-refractivity contribution in [3.63, 3.8) is 0 Å². The number of rotatable bonds is 3. The number of aromatic nitrogens is 2. The van der Waals surface area contributed by atoms with Gasteiger partial charge in [-0.25, -0.2) is 9.97 Å². The summed E-state index contributed by atoms with van der Waals surface area (Å²) < 4.78 is 0. The number of benzene rings is 1. The summed E-state index contributed by atoms with van der Waals surface area (Å²) in [5, 5.41) is 11.2. The van der Waals surface area contributed by atoms with Gasteiger partial charge >= 0.3 is 0 Å². The molecular weight excluding hydrogens is 294 g/mol. The van der Waals surface area contributed by atoms with Crippen molar-refractivity contribution in [2.45, 2.75) is 13.8 Å². The Morgan fingerprint density at radius 3 is 2.35 bits per heavy atom. The lowest BCUT2D eigenvalue weighted by Gasteiger charge is -2.36. The highest BCUT2D eigenvalue weighted by Gasteiger charge is 2.23. The highest BCUT2D eigenvalue weighted by molar-refractivity contribution is 5.63. The number of para-hydroxylation sites is 2. The van der Waals surface area contributed by atoms with E-state index in [4.69, 9.17) is 0 Å². The van der Waals surface area contributed by atoms with Crippen molar-refractivity contribution in [3.05, 3.63) is 52.0 Å². The van der Waals surface area contributed by atoms with Crippen LogP contribution in [0.3, 0.4) is 0 Å². The van der Waals surface area contributed by atoms with Crippen LogP contribution in [0.5, 0.6) is 0 Å². The minimum Gasteiger partial charge on any atom is -0.362 e. The third kappa shape index (κ3) is 3.23. The second-order valence-corrected chi connectivity index (χ2v) is 5.63. The standard InChI is InChI=1S/C16H19N5O2/c1-12-11-16(18-13(2)17-12)20-9-7-19(8-10-20)14-5-3-4-6-15(14)21(22)23/h3-6,11H,7-10H2,1-2H3. The van der Waals surface area contributed by atoms with Crippen molar-refractivity contribution in [2.24, 2.45) is 0 Å². The summed E-state index contributed by atoms with van der Waals surface area (Å²) >= 11 is 0. The van der Waals surface area contributed by atoms with Gasteiger partial charge in [0.2, 0.25) is 0 Å². The molecule has 1 aliphatic rings. The molecule has 23 heavy (non-hydrogen) atoms. The lowest BCUT2D eigenvalue weighted by molar-refractivity contribution is -0.384. The molecule has 0 spiro atoms. The fourth-order valence-corrected chi connectivity index (χ4v) is 2.92. The molecule has 0 saturated carbocycles. The molecule has 0 N–H and O–H groups in total. The van der Waals surface area contributed by atoms with Crippen molar-refractivity contribution >= 4 is 17.2 Å². The second-order valence-electron chi connectivity index (χ2n) is 5.63. The van der Waals surface area contributed by atoms with Crippen LogP contribution in [0, 0.1) is 24.0 Å². The second kappa shape index (κ2) is 6.20. The zero-order valence-electron chi connectivity index (χ0n) is 13.3. The first-order chi connectivity index (χ1) is 11.0. The van der Waals surface area contributed by atoms with Crippen molar-refractivity contribution in [1.82, 2.24) is 9.97 Å². The topological polar surface area (TPSA) is 75.4 Å². The minimum absolute atomic E-state index is 0.162. The van der Waals surface area contributed by atoms with E-state index in [0.29, 0.717) is 5.69 Å². The van der Waals surface area contributed by atoms with Gasteiger partial charge in [-0.2, -0.15) is 0 Å². The molecule has 0 amide bonds. The molecule has 0 radical (unpaired) electrons. The summed E-state index contributed by atoms with van der Waals surface area (Å²) in [7, 11) is 0. The van der Waals surface area contributed by atoms with Crippen LogP contribution in [0.1, 0.15) is 11.5 Å². The minimum atomic E-state index is -0.321. The lowest BCUT2D eigenvalue weighted by atomic mass is 10.2. The van der Waals surface area contributed by atoms with Crippen molar-refractivity contribution in [2.75, 3.05) is 36.0 Å². The van der Waals surface area contributed by atoms with Gasteiger partial charge in [-0.3, -0.25) is 10.1 Å². The predicted molar refractivity (Wildman–Crippen MR) is 89.0 cm³/mol. The fourth-order valence-electron chi connectivity index (χ4n) is 2.92. The lowest BCUT2D eigenvalue weighted by Crippen LogP contribution is -2.47. The summed E-state index contributed by atoms with van der Waals surface area (Å²) in [6.45, 7) is 6.87. The van der Waals surface area contributed by atoms with Crippen LogP contribution in [-0.2, 0) is 0 Å². The molecule has 1 fully saturated rings. The maximum Gasteiger partial charge on any atom is 0.292 e. The zero-order valence-corrected chi connectivity index (χ0v) is 13.3. The van der Waals surface area contributed by atoms with Crippen LogP contribution in [-0.4, -0.2) is 41.1 Å². The Hall–Kier alpha value is -2.70. The molecule has 0 atom stereocenters. The van der Waals surface area contributed by atoms with E-state index < -0.39 is 0 Å². The summed E-state index contributed by atoms with van der Waals surface area (Å²) in [6, 6.07) is 8.88. The average molecular weight is 313 g/mol. The SMILES string of the molecule is Cc1cc(N2CCN(c3ccccc3[N+](=O)[O-])CC2)nc(C)n1. The molecule has 1 aromatic heterocycles. The smallest absolute Gasteiger partial charge is 0.292 e. The maximum absolute atomic E-state index is 11.2. The number of anilines is 2. The van der Waals surface area contributed by atoms with E-state index in [1.54, 1.807) is 12.1 Å². The highest BCUT2D eigenvalue weighted by Crippen LogP contribution is 2.28. The van der Waals surface area contributed by atoms with Gasteiger partial charge in [0.1, 0.15) is 17.3 Å². The van der Waals surface area contributed by atoms with E-state index in [9.17, 15) is 10.1 Å². The first-order valence-electron chi connectivity index (χ1n) is 7.60. The summed E-state index contributed by atoms with van der Waals surface area (Å²) in [4.78, 5) is 23.9. The Balaban J connectivity index is 1.75. The molecule has 3 rings (SSSR count). The number of nitro groups is 1. The average Bonchev–Trinajstić information content (AvgIpc) is 2.54. The third-order valence-electron chi connectivity index (χ3n) is 3.98. The van der Waals surface area contributed by atoms with E-state index in [0.717, 1.165) is 43.5 Å². The van der Waals surface area contributed by atoms with E-state index >= 15 is 0 Å². The number of hydrogen-bond acceptors (Lipinski definition) is 6.